The lowest BCUT2D eigenvalue weighted by atomic mass is 10.0. The van der Waals surface area contributed by atoms with E-state index in [4.69, 9.17) is 20.4 Å². The predicted octanol–water partition coefficient (Wildman–Crippen LogP) is 4.78. The highest BCUT2D eigenvalue weighted by Crippen LogP contribution is 2.36. The number of piperidine rings is 1. The van der Waals surface area contributed by atoms with Crippen molar-refractivity contribution in [3.05, 3.63) is 60.0 Å². The van der Waals surface area contributed by atoms with Gasteiger partial charge in [-0.1, -0.05) is 19.3 Å². The Morgan fingerprint density at radius 2 is 1.91 bits per heavy atom. The number of methoxy groups -OCH3 is 1. The molecule has 5 aromatic rings. The fourth-order valence-corrected chi connectivity index (χ4v) is 6.65. The Kier molecular flexibility index (Phi) is 7.34. The standard InChI is InChI=1S/C32H37FN8O2/c1-43-28-14-23(32(42)38-19-24(33)15-25(34)20-38)12-26-29(28)41-18-21-16-36-39(17-21)10-5-3-2-4-6-11-40-27(31(41)37-26)13-22-8-7-9-35-30(22)40/h7-9,12-14,16-17,24-25H,2-6,10-11,15,18-20,34H2,1H3/t24-,25-/m1/s1. The van der Waals surface area contributed by atoms with Gasteiger partial charge in [0.15, 0.2) is 5.82 Å². The van der Waals surface area contributed by atoms with Crippen LogP contribution in [0.1, 0.15) is 54.4 Å². The zero-order valence-corrected chi connectivity index (χ0v) is 24.5. The molecule has 0 aliphatic carbocycles. The molecule has 1 saturated heterocycles. The molecular formula is C32H37FN8O2. The molecule has 0 radical (unpaired) electrons. The van der Waals surface area contributed by atoms with Crippen molar-refractivity contribution < 1.29 is 13.9 Å². The summed E-state index contributed by atoms with van der Waals surface area (Å²) in [5, 5.41) is 5.68. The Hall–Kier alpha value is -4.25. The first kappa shape index (κ1) is 27.6. The summed E-state index contributed by atoms with van der Waals surface area (Å²) in [5.74, 6) is 1.02. The second-order valence-electron chi connectivity index (χ2n) is 11.8. The van der Waals surface area contributed by atoms with Crippen LogP contribution in [-0.4, -0.2) is 72.1 Å². The third kappa shape index (κ3) is 5.26. The Balaban J connectivity index is 1.41. The molecule has 0 saturated carbocycles. The van der Waals surface area contributed by atoms with Gasteiger partial charge in [0, 0.05) is 54.6 Å². The van der Waals surface area contributed by atoms with Crippen molar-refractivity contribution in [2.45, 2.75) is 70.4 Å². The van der Waals surface area contributed by atoms with Gasteiger partial charge in [-0.15, -0.1) is 0 Å². The first-order valence-electron chi connectivity index (χ1n) is 15.2. The quantitative estimate of drug-likeness (QED) is 0.320. The number of ether oxygens (including phenoxy) is 1. The average Bonchev–Trinajstić information content (AvgIpc) is 3.70. The van der Waals surface area contributed by atoms with Crippen molar-refractivity contribution in [2.75, 3.05) is 20.2 Å². The molecule has 2 aliphatic rings. The summed E-state index contributed by atoms with van der Waals surface area (Å²) in [7, 11) is 1.60. The number of fused-ring (bicyclic) bond motifs is 9. The van der Waals surface area contributed by atoms with Gasteiger partial charge >= 0.3 is 0 Å². The number of likely N-dealkylation sites (tertiary alicyclic amines) is 1. The van der Waals surface area contributed by atoms with Gasteiger partial charge in [-0.3, -0.25) is 9.48 Å². The van der Waals surface area contributed by atoms with Gasteiger partial charge in [0.25, 0.3) is 5.91 Å². The van der Waals surface area contributed by atoms with Gasteiger partial charge in [-0.25, -0.2) is 14.4 Å². The lowest BCUT2D eigenvalue weighted by molar-refractivity contribution is 0.0606. The number of pyridine rings is 1. The maximum Gasteiger partial charge on any atom is 0.254 e. The number of aromatic nitrogens is 6. The fraction of sp³-hybridized carbons (Fsp3) is 0.438. The summed E-state index contributed by atoms with van der Waals surface area (Å²) < 4.78 is 26.7. The molecule has 2 atom stereocenters. The summed E-state index contributed by atoms with van der Waals surface area (Å²) in [4.78, 5) is 25.0. The number of benzene rings is 1. The molecule has 0 unspecified atom stereocenters. The van der Waals surface area contributed by atoms with Crippen molar-refractivity contribution in [3.63, 3.8) is 0 Å². The summed E-state index contributed by atoms with van der Waals surface area (Å²) in [6, 6.07) is 9.33. The number of carbonyl (C=O) groups is 1. The monoisotopic (exact) mass is 584 g/mol. The number of halogens is 1. The third-order valence-electron chi connectivity index (χ3n) is 8.67. The van der Waals surface area contributed by atoms with Crippen molar-refractivity contribution in [2.24, 2.45) is 5.73 Å². The molecule has 10 nitrogen and oxygen atoms in total. The van der Waals surface area contributed by atoms with Crippen LogP contribution in [0.3, 0.4) is 0 Å². The fourth-order valence-electron chi connectivity index (χ4n) is 6.65. The van der Waals surface area contributed by atoms with E-state index in [2.05, 4.69) is 32.6 Å². The van der Waals surface area contributed by atoms with Crippen molar-refractivity contribution in [3.8, 4) is 17.3 Å². The highest BCUT2D eigenvalue weighted by atomic mass is 19.1. The maximum atomic E-state index is 14.3. The molecule has 11 heteroatoms. The second kappa shape index (κ2) is 11.4. The Bertz CT molecular complexity index is 1780. The van der Waals surface area contributed by atoms with Crippen LogP contribution >= 0.6 is 0 Å². The van der Waals surface area contributed by atoms with E-state index in [0.29, 0.717) is 29.9 Å². The Labute approximate surface area is 249 Å². The Morgan fingerprint density at radius 1 is 1.07 bits per heavy atom. The first-order valence-corrected chi connectivity index (χ1v) is 15.2. The number of rotatable bonds is 2. The van der Waals surface area contributed by atoms with E-state index in [0.717, 1.165) is 66.0 Å². The zero-order valence-electron chi connectivity index (χ0n) is 24.5. The van der Waals surface area contributed by atoms with E-state index in [1.807, 2.05) is 23.1 Å². The number of aryl methyl sites for hydroxylation is 2. The van der Waals surface area contributed by atoms with Crippen LogP contribution in [0.2, 0.25) is 0 Å². The van der Waals surface area contributed by atoms with Gasteiger partial charge in [-0.2, -0.15) is 5.10 Å². The highest BCUT2D eigenvalue weighted by Gasteiger charge is 2.30. The smallest absolute Gasteiger partial charge is 0.254 e. The van der Waals surface area contributed by atoms with Crippen LogP contribution in [0, 0.1) is 0 Å². The molecule has 1 aromatic carbocycles. The molecule has 4 aromatic heterocycles. The van der Waals surface area contributed by atoms with E-state index in [1.54, 1.807) is 19.2 Å². The molecule has 224 valence electrons. The topological polar surface area (TPSA) is 109 Å². The molecular weight excluding hydrogens is 547 g/mol. The largest absolute Gasteiger partial charge is 0.494 e. The maximum absolute atomic E-state index is 14.3. The van der Waals surface area contributed by atoms with Crippen LogP contribution in [0.5, 0.6) is 5.75 Å². The predicted molar refractivity (Wildman–Crippen MR) is 163 cm³/mol. The highest BCUT2D eigenvalue weighted by molar-refractivity contribution is 6.00. The van der Waals surface area contributed by atoms with Gasteiger partial charge in [-0.05, 0) is 49.6 Å². The molecule has 43 heavy (non-hydrogen) atoms. The SMILES string of the molecule is COc1cc(C(=O)N2C[C@H](N)C[C@@H](F)C2)cc2nc3n(c12)Cc1cnn(c1)CCCCCCCn1c-3cc2cccnc21. The van der Waals surface area contributed by atoms with E-state index >= 15 is 0 Å². The van der Waals surface area contributed by atoms with Crippen LogP contribution in [0.4, 0.5) is 4.39 Å². The second-order valence-corrected chi connectivity index (χ2v) is 11.8. The van der Waals surface area contributed by atoms with Gasteiger partial charge < -0.3 is 24.5 Å². The summed E-state index contributed by atoms with van der Waals surface area (Å²) in [5.41, 5.74) is 10.8. The minimum absolute atomic E-state index is 0.0314. The van der Waals surface area contributed by atoms with E-state index in [1.165, 1.54) is 17.7 Å². The number of alkyl halides is 1. The Morgan fingerprint density at radius 3 is 2.74 bits per heavy atom. The number of amides is 1. The zero-order chi connectivity index (χ0) is 29.5. The average molecular weight is 585 g/mol. The normalized spacial score (nSPS) is 19.9. The number of hydrogen-bond acceptors (Lipinski definition) is 6. The number of hydrogen-bond donors (Lipinski definition) is 1. The summed E-state index contributed by atoms with van der Waals surface area (Å²) in [6.45, 7) is 2.59. The summed E-state index contributed by atoms with van der Waals surface area (Å²) >= 11 is 0. The lowest BCUT2D eigenvalue weighted by Crippen LogP contribution is -2.50. The number of nitrogens with zero attached hydrogens (tertiary/aromatic N) is 7. The molecule has 7 rings (SSSR count). The molecule has 1 fully saturated rings. The first-order chi connectivity index (χ1) is 21.0. The lowest BCUT2D eigenvalue weighted by Gasteiger charge is -2.33. The van der Waals surface area contributed by atoms with E-state index < -0.39 is 6.17 Å². The van der Waals surface area contributed by atoms with Crippen LogP contribution in [-0.2, 0) is 19.6 Å². The minimum atomic E-state index is -1.14. The molecule has 0 spiro atoms. The van der Waals surface area contributed by atoms with E-state index in [9.17, 15) is 9.18 Å². The minimum Gasteiger partial charge on any atom is -0.494 e. The third-order valence-corrected chi connectivity index (χ3v) is 8.67. The summed E-state index contributed by atoms with van der Waals surface area (Å²) in [6.07, 6.45) is 10.6. The number of carbonyl (C=O) groups excluding carboxylic acids is 1. The van der Waals surface area contributed by atoms with Crippen molar-refractivity contribution in [1.82, 2.24) is 33.8 Å². The van der Waals surface area contributed by atoms with Gasteiger partial charge in [0.1, 0.15) is 23.1 Å². The molecule has 2 bridgehead atoms. The van der Waals surface area contributed by atoms with Crippen molar-refractivity contribution in [1.29, 1.82) is 0 Å². The number of imidazole rings is 1. The van der Waals surface area contributed by atoms with Crippen molar-refractivity contribution >= 4 is 28.0 Å². The van der Waals surface area contributed by atoms with Crippen LogP contribution in [0.25, 0.3) is 33.6 Å². The molecule has 2 N–H and O–H groups in total. The van der Waals surface area contributed by atoms with Crippen LogP contribution < -0.4 is 10.5 Å². The molecule has 2 aliphatic heterocycles. The van der Waals surface area contributed by atoms with Gasteiger partial charge in [0.05, 0.1) is 37.6 Å². The number of nitrogens with two attached hydrogens (primary N) is 1. The van der Waals surface area contributed by atoms with Gasteiger partial charge in [0.2, 0.25) is 0 Å². The molecule has 6 heterocycles. The molecule has 1 amide bonds. The van der Waals surface area contributed by atoms with E-state index in [-0.39, 0.29) is 24.9 Å². The van der Waals surface area contributed by atoms with Crippen LogP contribution in [0.15, 0.2) is 48.9 Å².